The van der Waals surface area contributed by atoms with E-state index in [1.165, 1.54) is 22.3 Å². The molecule has 1 atom stereocenters. The number of amides is 1. The number of nitrogens with zero attached hydrogens (tertiary/aromatic N) is 1. The van der Waals surface area contributed by atoms with Crippen molar-refractivity contribution >= 4 is 11.6 Å². The summed E-state index contributed by atoms with van der Waals surface area (Å²) in [6.45, 7) is 1.33. The summed E-state index contributed by atoms with van der Waals surface area (Å²) < 4.78 is 0. The maximum atomic E-state index is 12.1. The molecule has 2 aromatic rings. The second-order valence-corrected chi connectivity index (χ2v) is 5.99. The number of hydrogen-bond acceptors (Lipinski definition) is 2. The van der Waals surface area contributed by atoms with E-state index >= 15 is 0 Å². The molecule has 1 aliphatic heterocycles. The highest BCUT2D eigenvalue weighted by Gasteiger charge is 2.30. The molecule has 21 heavy (non-hydrogen) atoms. The number of benzene rings is 2. The van der Waals surface area contributed by atoms with Gasteiger partial charge in [-0.05, 0) is 53.3 Å². The van der Waals surface area contributed by atoms with Gasteiger partial charge in [0, 0.05) is 18.7 Å². The molecule has 106 valence electrons. The highest BCUT2D eigenvalue weighted by Crippen LogP contribution is 2.39. The summed E-state index contributed by atoms with van der Waals surface area (Å²) in [5.41, 5.74) is 12.0. The number of fused-ring (bicyclic) bond motifs is 3. The lowest BCUT2D eigenvalue weighted by molar-refractivity contribution is -0.117. The summed E-state index contributed by atoms with van der Waals surface area (Å²) in [5.74, 6) is 0.490. The van der Waals surface area contributed by atoms with E-state index in [1.807, 2.05) is 4.90 Å². The van der Waals surface area contributed by atoms with Crippen LogP contribution in [0.2, 0.25) is 0 Å². The van der Waals surface area contributed by atoms with Crippen molar-refractivity contribution in [1.82, 2.24) is 0 Å². The summed E-state index contributed by atoms with van der Waals surface area (Å²) in [6, 6.07) is 14.9. The first-order valence-electron chi connectivity index (χ1n) is 7.48. The zero-order valence-corrected chi connectivity index (χ0v) is 11.9. The average Bonchev–Trinajstić information content (AvgIpc) is 3.06. The quantitative estimate of drug-likeness (QED) is 0.783. The van der Waals surface area contributed by atoms with Gasteiger partial charge < -0.3 is 10.6 Å². The van der Waals surface area contributed by atoms with E-state index in [1.54, 1.807) is 0 Å². The molecule has 1 saturated heterocycles. The first-order chi connectivity index (χ1) is 10.3. The summed E-state index contributed by atoms with van der Waals surface area (Å²) in [7, 11) is 0. The summed E-state index contributed by atoms with van der Waals surface area (Å²) in [6.07, 6.45) is 1.54. The van der Waals surface area contributed by atoms with Gasteiger partial charge in [-0.2, -0.15) is 0 Å². The van der Waals surface area contributed by atoms with Crippen LogP contribution in [0.15, 0.2) is 42.5 Å². The monoisotopic (exact) mass is 278 g/mol. The van der Waals surface area contributed by atoms with Gasteiger partial charge in [-0.3, -0.25) is 4.79 Å². The van der Waals surface area contributed by atoms with Crippen LogP contribution in [-0.4, -0.2) is 19.0 Å². The van der Waals surface area contributed by atoms with Crippen LogP contribution in [0, 0.1) is 5.92 Å². The summed E-state index contributed by atoms with van der Waals surface area (Å²) >= 11 is 0. The Morgan fingerprint density at radius 2 is 1.90 bits per heavy atom. The Morgan fingerprint density at radius 1 is 1.10 bits per heavy atom. The average molecular weight is 278 g/mol. The molecule has 0 aromatic heterocycles. The third-order valence-electron chi connectivity index (χ3n) is 4.63. The minimum Gasteiger partial charge on any atom is -0.330 e. The number of carbonyl (C=O) groups is 1. The summed E-state index contributed by atoms with van der Waals surface area (Å²) in [4.78, 5) is 14.0. The van der Waals surface area contributed by atoms with Gasteiger partial charge in [0.1, 0.15) is 0 Å². The van der Waals surface area contributed by atoms with Crippen molar-refractivity contribution in [1.29, 1.82) is 0 Å². The normalized spacial score (nSPS) is 19.8. The van der Waals surface area contributed by atoms with E-state index in [2.05, 4.69) is 42.5 Å². The molecule has 1 amide bonds. The molecule has 2 aliphatic rings. The molecule has 2 N–H and O–H groups in total. The number of hydrogen-bond donors (Lipinski definition) is 1. The van der Waals surface area contributed by atoms with Gasteiger partial charge in [0.2, 0.25) is 5.91 Å². The smallest absolute Gasteiger partial charge is 0.227 e. The van der Waals surface area contributed by atoms with Crippen molar-refractivity contribution in [2.45, 2.75) is 12.8 Å². The fourth-order valence-electron chi connectivity index (χ4n) is 3.49. The van der Waals surface area contributed by atoms with Crippen molar-refractivity contribution in [2.75, 3.05) is 18.0 Å². The molecule has 2 aromatic carbocycles. The Hall–Kier alpha value is -2.13. The van der Waals surface area contributed by atoms with Crippen LogP contribution in [0.1, 0.15) is 17.5 Å². The second-order valence-electron chi connectivity index (χ2n) is 5.99. The zero-order chi connectivity index (χ0) is 14.4. The molecule has 1 unspecified atom stereocenters. The van der Waals surface area contributed by atoms with Crippen molar-refractivity contribution in [3.8, 4) is 11.1 Å². The van der Waals surface area contributed by atoms with Crippen LogP contribution in [0.5, 0.6) is 0 Å². The predicted octanol–water partition coefficient (Wildman–Crippen LogP) is 2.57. The SMILES string of the molecule is NCC1CC(=O)N(c2ccc3c(c2)Cc2ccccc2-3)C1. The molecule has 0 radical (unpaired) electrons. The number of rotatable bonds is 2. The lowest BCUT2D eigenvalue weighted by Crippen LogP contribution is -2.25. The van der Waals surface area contributed by atoms with Gasteiger partial charge in [0.15, 0.2) is 0 Å². The molecule has 0 bridgehead atoms. The highest BCUT2D eigenvalue weighted by atomic mass is 16.2. The molecule has 3 heteroatoms. The number of nitrogens with two attached hydrogens (primary N) is 1. The van der Waals surface area contributed by atoms with Crippen molar-refractivity contribution in [3.63, 3.8) is 0 Å². The first-order valence-corrected chi connectivity index (χ1v) is 7.48. The van der Waals surface area contributed by atoms with E-state index in [-0.39, 0.29) is 5.91 Å². The molecule has 1 aliphatic carbocycles. The Kier molecular flexibility index (Phi) is 2.82. The summed E-state index contributed by atoms with van der Waals surface area (Å²) in [5, 5.41) is 0. The molecule has 1 heterocycles. The minimum atomic E-state index is 0.195. The minimum absolute atomic E-state index is 0.195. The molecular formula is C18H18N2O. The molecule has 3 nitrogen and oxygen atoms in total. The lowest BCUT2D eigenvalue weighted by Gasteiger charge is -2.17. The van der Waals surface area contributed by atoms with Gasteiger partial charge in [-0.25, -0.2) is 0 Å². The largest absolute Gasteiger partial charge is 0.330 e. The zero-order valence-electron chi connectivity index (χ0n) is 11.9. The molecule has 4 rings (SSSR count). The molecule has 0 saturated carbocycles. The lowest BCUT2D eigenvalue weighted by atomic mass is 10.1. The molecule has 0 spiro atoms. The third kappa shape index (κ3) is 1.96. The van der Waals surface area contributed by atoms with E-state index in [0.717, 1.165) is 18.7 Å². The third-order valence-corrected chi connectivity index (χ3v) is 4.63. The molecular weight excluding hydrogens is 260 g/mol. The Bertz CT molecular complexity index is 723. The first kappa shape index (κ1) is 12.6. The number of carbonyl (C=O) groups excluding carboxylic acids is 1. The fraction of sp³-hybridized carbons (Fsp3) is 0.278. The van der Waals surface area contributed by atoms with Gasteiger partial charge >= 0.3 is 0 Å². The van der Waals surface area contributed by atoms with E-state index in [0.29, 0.717) is 18.9 Å². The fourth-order valence-corrected chi connectivity index (χ4v) is 3.49. The van der Waals surface area contributed by atoms with Gasteiger partial charge in [-0.15, -0.1) is 0 Å². The van der Waals surface area contributed by atoms with E-state index in [4.69, 9.17) is 5.73 Å². The van der Waals surface area contributed by atoms with Gasteiger partial charge in [0.05, 0.1) is 0 Å². The van der Waals surface area contributed by atoms with Crippen LogP contribution >= 0.6 is 0 Å². The second kappa shape index (κ2) is 4.71. The predicted molar refractivity (Wildman–Crippen MR) is 84.2 cm³/mol. The maximum absolute atomic E-state index is 12.1. The maximum Gasteiger partial charge on any atom is 0.227 e. The molecule has 1 fully saturated rings. The van der Waals surface area contributed by atoms with Gasteiger partial charge in [-0.1, -0.05) is 30.3 Å². The Labute approximate surface area is 124 Å². The van der Waals surface area contributed by atoms with Crippen LogP contribution in [0.25, 0.3) is 11.1 Å². The standard InChI is InChI=1S/C18H18N2O/c19-10-12-7-18(21)20(11-12)15-5-6-17-14(9-15)8-13-3-1-2-4-16(13)17/h1-6,9,12H,7-8,10-11,19H2. The van der Waals surface area contributed by atoms with E-state index in [9.17, 15) is 4.79 Å². The van der Waals surface area contributed by atoms with Crippen molar-refractivity contribution < 1.29 is 4.79 Å². The van der Waals surface area contributed by atoms with Crippen molar-refractivity contribution in [2.24, 2.45) is 11.7 Å². The topological polar surface area (TPSA) is 46.3 Å². The number of anilines is 1. The van der Waals surface area contributed by atoms with E-state index < -0.39 is 0 Å². The van der Waals surface area contributed by atoms with Gasteiger partial charge in [0.25, 0.3) is 0 Å². The van der Waals surface area contributed by atoms with Crippen LogP contribution in [-0.2, 0) is 11.2 Å². The Morgan fingerprint density at radius 3 is 2.71 bits per heavy atom. The van der Waals surface area contributed by atoms with Crippen LogP contribution in [0.3, 0.4) is 0 Å². The highest BCUT2D eigenvalue weighted by molar-refractivity contribution is 5.96. The van der Waals surface area contributed by atoms with Crippen LogP contribution in [0.4, 0.5) is 5.69 Å². The van der Waals surface area contributed by atoms with Crippen molar-refractivity contribution in [3.05, 3.63) is 53.6 Å². The van der Waals surface area contributed by atoms with Crippen LogP contribution < -0.4 is 10.6 Å². The Balaban J connectivity index is 1.69.